The molecule has 31 heavy (non-hydrogen) atoms. The van der Waals surface area contributed by atoms with Crippen LogP contribution < -0.4 is 14.5 Å². The third kappa shape index (κ3) is 3.07. The summed E-state index contributed by atoms with van der Waals surface area (Å²) >= 11 is 0. The first-order chi connectivity index (χ1) is 14.8. The summed E-state index contributed by atoms with van der Waals surface area (Å²) in [5.74, 6) is -1.16. The maximum atomic E-state index is 14.8. The molecular weight excluding hydrogens is 428 g/mol. The number of rotatable bonds is 4. The second-order valence-corrected chi connectivity index (χ2v) is 9.42. The molecule has 11 heteroatoms. The lowest BCUT2D eigenvalue weighted by atomic mass is 9.93. The lowest BCUT2D eigenvalue weighted by Gasteiger charge is -2.21. The fourth-order valence-electron chi connectivity index (χ4n) is 4.30. The van der Waals surface area contributed by atoms with Gasteiger partial charge < -0.3 is 9.99 Å². The van der Waals surface area contributed by atoms with Crippen LogP contribution in [0.15, 0.2) is 40.8 Å². The van der Waals surface area contributed by atoms with Crippen molar-refractivity contribution in [3.8, 4) is 0 Å². The molecule has 3 aliphatic rings. The smallest absolute Gasteiger partial charge is 0.301 e. The van der Waals surface area contributed by atoms with Crippen molar-refractivity contribution in [2.75, 3.05) is 17.4 Å². The van der Waals surface area contributed by atoms with E-state index in [9.17, 15) is 22.0 Å². The van der Waals surface area contributed by atoms with Crippen LogP contribution in [0.3, 0.4) is 0 Å². The van der Waals surface area contributed by atoms with Gasteiger partial charge in [-0.2, -0.15) is 18.2 Å². The number of carbonyl (C=O) groups excluding carboxylic acids is 1. The molecule has 8 nitrogen and oxygen atoms in total. The molecule has 2 atom stereocenters. The molecule has 1 aliphatic carbocycles. The van der Waals surface area contributed by atoms with E-state index in [1.54, 1.807) is 19.2 Å². The third-order valence-electron chi connectivity index (χ3n) is 5.85. The topological polar surface area (TPSA) is 95.8 Å². The summed E-state index contributed by atoms with van der Waals surface area (Å²) in [5.41, 5.74) is 4.02. The van der Waals surface area contributed by atoms with Gasteiger partial charge in [0, 0.05) is 36.2 Å². The van der Waals surface area contributed by atoms with Crippen molar-refractivity contribution in [1.29, 1.82) is 0 Å². The highest BCUT2D eigenvalue weighted by atomic mass is 32.2. The molecule has 5 rings (SSSR count). The number of aromatic nitrogens is 1. The zero-order valence-electron chi connectivity index (χ0n) is 16.5. The standard InChI is InChI=1S/C20H19F2N5O3S/c1-11-4-14-18(7-15(11)21)26(9-13-6-17-12(5-16(13)22)8-23-25-17)19(10-28)20(14)27-3-2-24-31(27,29)30/h4-8,10,12,17,24-25H,2-3,9H2,1H3. The summed E-state index contributed by atoms with van der Waals surface area (Å²) in [5, 5.41) is 4.37. The Kier molecular flexibility index (Phi) is 4.48. The van der Waals surface area contributed by atoms with Gasteiger partial charge in [-0.15, -0.1) is 0 Å². The molecule has 3 heterocycles. The number of benzene rings is 1. The van der Waals surface area contributed by atoms with Crippen LogP contribution in [0, 0.1) is 18.7 Å². The summed E-state index contributed by atoms with van der Waals surface area (Å²) in [7, 11) is -3.84. The number of anilines is 1. The lowest BCUT2D eigenvalue weighted by Crippen LogP contribution is -2.30. The number of aldehydes is 1. The Hall–Kier alpha value is -3.05. The van der Waals surface area contributed by atoms with Crippen molar-refractivity contribution < 1.29 is 22.0 Å². The number of hydrazone groups is 1. The zero-order valence-corrected chi connectivity index (χ0v) is 17.3. The Balaban J connectivity index is 1.71. The fourth-order valence-corrected chi connectivity index (χ4v) is 5.57. The first-order valence-electron chi connectivity index (χ1n) is 9.72. The lowest BCUT2D eigenvalue weighted by molar-refractivity contribution is 0.111. The number of aryl methyl sites for hydroxylation is 1. The molecule has 0 amide bonds. The average Bonchev–Trinajstić information content (AvgIpc) is 3.38. The zero-order chi connectivity index (χ0) is 21.9. The highest BCUT2D eigenvalue weighted by molar-refractivity contribution is 7.91. The van der Waals surface area contributed by atoms with E-state index in [4.69, 9.17) is 0 Å². The van der Waals surface area contributed by atoms with Crippen LogP contribution in [0.1, 0.15) is 16.1 Å². The Morgan fingerprint density at radius 3 is 2.81 bits per heavy atom. The van der Waals surface area contributed by atoms with Crippen LogP contribution in [0.4, 0.5) is 14.5 Å². The highest BCUT2D eigenvalue weighted by Gasteiger charge is 2.34. The first-order valence-corrected chi connectivity index (χ1v) is 11.2. The average molecular weight is 447 g/mol. The summed E-state index contributed by atoms with van der Waals surface area (Å²) in [4.78, 5) is 12.1. The Labute approximate surface area is 177 Å². The van der Waals surface area contributed by atoms with Gasteiger partial charge in [0.2, 0.25) is 0 Å². The van der Waals surface area contributed by atoms with Gasteiger partial charge in [0.1, 0.15) is 17.3 Å². The number of fused-ring (bicyclic) bond motifs is 2. The van der Waals surface area contributed by atoms with Crippen LogP contribution in [-0.2, 0) is 16.8 Å². The molecule has 2 aromatic rings. The van der Waals surface area contributed by atoms with E-state index >= 15 is 0 Å². The number of allylic oxidation sites excluding steroid dienone is 2. The molecule has 2 N–H and O–H groups in total. The van der Waals surface area contributed by atoms with Crippen LogP contribution >= 0.6 is 0 Å². The van der Waals surface area contributed by atoms with Crippen molar-refractivity contribution in [3.05, 3.63) is 52.8 Å². The minimum Gasteiger partial charge on any atom is -0.332 e. The van der Waals surface area contributed by atoms with Gasteiger partial charge >= 0.3 is 10.2 Å². The molecule has 0 spiro atoms. The number of nitrogens with zero attached hydrogens (tertiary/aromatic N) is 3. The Bertz CT molecular complexity index is 1310. The van der Waals surface area contributed by atoms with Gasteiger partial charge in [0.15, 0.2) is 6.29 Å². The van der Waals surface area contributed by atoms with Gasteiger partial charge in [-0.25, -0.2) is 8.78 Å². The Morgan fingerprint density at radius 1 is 1.29 bits per heavy atom. The normalized spacial score (nSPS) is 24.2. The predicted molar refractivity (Wildman–Crippen MR) is 112 cm³/mol. The number of hydrogen-bond acceptors (Lipinski definition) is 5. The molecule has 0 saturated carbocycles. The maximum Gasteiger partial charge on any atom is 0.301 e. The molecule has 1 aromatic heterocycles. The fraction of sp³-hybridized carbons (Fsp3) is 0.300. The highest BCUT2D eigenvalue weighted by Crippen LogP contribution is 2.38. The van der Waals surface area contributed by atoms with Gasteiger partial charge in [-0.3, -0.25) is 9.10 Å². The molecule has 2 unspecified atom stereocenters. The molecule has 1 fully saturated rings. The number of halogens is 2. The molecule has 162 valence electrons. The minimum atomic E-state index is -3.84. The molecule has 0 bridgehead atoms. The SMILES string of the molecule is Cc1cc2c(N3CCNS3(=O)=O)c(C=O)n(CC3=CC4NN=CC4C=C3F)c2cc1F. The van der Waals surface area contributed by atoms with Crippen molar-refractivity contribution in [2.45, 2.75) is 19.5 Å². The van der Waals surface area contributed by atoms with Crippen LogP contribution in [0.5, 0.6) is 0 Å². The molecule has 2 aliphatic heterocycles. The summed E-state index contributed by atoms with van der Waals surface area (Å²) in [6.07, 6.45) is 5.27. The predicted octanol–water partition coefficient (Wildman–Crippen LogP) is 1.92. The van der Waals surface area contributed by atoms with E-state index in [1.807, 2.05) is 0 Å². The summed E-state index contributed by atoms with van der Waals surface area (Å²) in [6.45, 7) is 1.80. The third-order valence-corrected chi connectivity index (χ3v) is 7.36. The molecule has 0 radical (unpaired) electrons. The van der Waals surface area contributed by atoms with Crippen molar-refractivity contribution in [1.82, 2.24) is 14.7 Å². The monoisotopic (exact) mass is 447 g/mol. The van der Waals surface area contributed by atoms with Gasteiger partial charge in [-0.1, -0.05) is 6.08 Å². The largest absolute Gasteiger partial charge is 0.332 e. The van der Waals surface area contributed by atoms with Crippen LogP contribution in [-0.4, -0.2) is 44.6 Å². The van der Waals surface area contributed by atoms with E-state index < -0.39 is 21.9 Å². The minimum absolute atomic E-state index is 0.0405. The molecule has 1 aromatic carbocycles. The van der Waals surface area contributed by atoms with E-state index in [0.29, 0.717) is 28.3 Å². The Morgan fingerprint density at radius 2 is 2.10 bits per heavy atom. The van der Waals surface area contributed by atoms with Gasteiger partial charge in [0.05, 0.1) is 23.8 Å². The van der Waals surface area contributed by atoms with E-state index in [0.717, 1.165) is 4.31 Å². The summed E-state index contributed by atoms with van der Waals surface area (Å²) in [6, 6.07) is 2.56. The summed E-state index contributed by atoms with van der Waals surface area (Å²) < 4.78 is 59.3. The van der Waals surface area contributed by atoms with E-state index in [-0.39, 0.29) is 43.0 Å². The maximum absolute atomic E-state index is 14.8. The number of carbonyl (C=O) groups is 1. The van der Waals surface area contributed by atoms with Gasteiger partial charge in [-0.05, 0) is 30.7 Å². The second kappa shape index (κ2) is 6.99. The molecule has 1 saturated heterocycles. The quantitative estimate of drug-likeness (QED) is 0.700. The van der Waals surface area contributed by atoms with Crippen molar-refractivity contribution in [2.24, 2.45) is 11.0 Å². The number of nitrogens with one attached hydrogen (secondary N) is 2. The number of hydrogen-bond donors (Lipinski definition) is 2. The van der Waals surface area contributed by atoms with E-state index in [1.165, 1.54) is 22.8 Å². The molecular formula is C20H19F2N5O3S. The van der Waals surface area contributed by atoms with Gasteiger partial charge in [0.25, 0.3) is 0 Å². The van der Waals surface area contributed by atoms with Crippen LogP contribution in [0.25, 0.3) is 10.9 Å². The van der Waals surface area contributed by atoms with Crippen molar-refractivity contribution >= 4 is 39.3 Å². The second-order valence-electron chi connectivity index (χ2n) is 7.74. The van der Waals surface area contributed by atoms with E-state index in [2.05, 4.69) is 15.2 Å². The van der Waals surface area contributed by atoms with Crippen LogP contribution in [0.2, 0.25) is 0 Å². The first kappa shape index (κ1) is 19.9. The van der Waals surface area contributed by atoms with Crippen molar-refractivity contribution in [3.63, 3.8) is 0 Å².